The number of pyridine rings is 1. The Bertz CT molecular complexity index is 730. The van der Waals surface area contributed by atoms with Crippen molar-refractivity contribution in [2.75, 3.05) is 17.7 Å². The molecule has 3 rings (SSSR count). The Kier molecular flexibility index (Phi) is 3.02. The van der Waals surface area contributed by atoms with E-state index >= 15 is 0 Å². The monoisotopic (exact) mass is 267 g/mol. The topological polar surface area (TPSA) is 59.5 Å². The predicted molar refractivity (Wildman–Crippen MR) is 80.7 cm³/mol. The lowest BCUT2D eigenvalue weighted by Crippen LogP contribution is -2.19. The zero-order valence-corrected chi connectivity index (χ0v) is 11.6. The number of aryl methyl sites for hydroxylation is 1. The van der Waals surface area contributed by atoms with Gasteiger partial charge < -0.3 is 10.6 Å². The highest BCUT2D eigenvalue weighted by Gasteiger charge is 2.09. The smallest absolute Gasteiger partial charge is 0.157 e. The molecule has 0 aliphatic heterocycles. The minimum Gasteiger partial charge on any atom is -0.399 e. The molecule has 1 aromatic carbocycles. The third-order valence-electron chi connectivity index (χ3n) is 3.30. The highest BCUT2D eigenvalue weighted by Crippen LogP contribution is 2.19. The number of benzene rings is 1. The maximum absolute atomic E-state index is 5.71. The number of hydrogen-bond acceptors (Lipinski definition) is 4. The quantitative estimate of drug-likeness (QED) is 0.739. The Hall–Kier alpha value is -2.56. The zero-order chi connectivity index (χ0) is 14.1. The van der Waals surface area contributed by atoms with Crippen LogP contribution in [-0.2, 0) is 6.54 Å². The van der Waals surface area contributed by atoms with E-state index in [0.717, 1.165) is 23.7 Å². The van der Waals surface area contributed by atoms with Crippen molar-refractivity contribution in [3.05, 3.63) is 53.9 Å². The summed E-state index contributed by atoms with van der Waals surface area (Å²) >= 11 is 0. The largest absolute Gasteiger partial charge is 0.399 e. The number of nitrogen functional groups attached to an aromatic ring is 1. The second kappa shape index (κ2) is 4.85. The van der Waals surface area contributed by atoms with E-state index in [-0.39, 0.29) is 0 Å². The summed E-state index contributed by atoms with van der Waals surface area (Å²) in [6.07, 6.45) is 1.58. The summed E-state index contributed by atoms with van der Waals surface area (Å²) in [7, 11) is 2.05. The van der Waals surface area contributed by atoms with Crippen LogP contribution in [0.15, 0.2) is 42.7 Å². The fraction of sp³-hybridized carbons (Fsp3) is 0.200. The molecule has 0 aliphatic rings. The van der Waals surface area contributed by atoms with Crippen molar-refractivity contribution in [2.45, 2.75) is 13.5 Å². The third kappa shape index (κ3) is 2.30. The lowest BCUT2D eigenvalue weighted by Gasteiger charge is -2.20. The van der Waals surface area contributed by atoms with Crippen LogP contribution in [0.1, 0.15) is 11.1 Å². The van der Waals surface area contributed by atoms with Gasteiger partial charge >= 0.3 is 0 Å². The van der Waals surface area contributed by atoms with Gasteiger partial charge in [-0.25, -0.2) is 4.98 Å². The highest BCUT2D eigenvalue weighted by atomic mass is 15.4. The second-order valence-corrected chi connectivity index (χ2v) is 5.02. The molecule has 0 bridgehead atoms. The molecule has 0 radical (unpaired) electrons. The number of hydrogen-bond donors (Lipinski definition) is 1. The van der Waals surface area contributed by atoms with Crippen LogP contribution in [0.5, 0.6) is 0 Å². The molecule has 2 heterocycles. The van der Waals surface area contributed by atoms with Gasteiger partial charge in [0.1, 0.15) is 12.1 Å². The van der Waals surface area contributed by atoms with E-state index in [1.807, 2.05) is 41.9 Å². The van der Waals surface area contributed by atoms with Gasteiger partial charge in [-0.3, -0.25) is 0 Å². The van der Waals surface area contributed by atoms with Crippen molar-refractivity contribution in [3.8, 4) is 0 Å². The average molecular weight is 267 g/mol. The minimum absolute atomic E-state index is 0.783. The molecular formula is C15H17N5. The van der Waals surface area contributed by atoms with Crippen LogP contribution in [0, 0.1) is 6.92 Å². The Morgan fingerprint density at radius 2 is 1.95 bits per heavy atom. The third-order valence-corrected chi connectivity index (χ3v) is 3.30. The molecule has 0 unspecified atom stereocenters. The van der Waals surface area contributed by atoms with Crippen molar-refractivity contribution < 1.29 is 0 Å². The molecule has 3 aromatic rings. The van der Waals surface area contributed by atoms with Crippen LogP contribution < -0.4 is 10.6 Å². The molecule has 20 heavy (non-hydrogen) atoms. The van der Waals surface area contributed by atoms with Gasteiger partial charge in [0.15, 0.2) is 5.65 Å². The lowest BCUT2D eigenvalue weighted by molar-refractivity contribution is 0.839. The van der Waals surface area contributed by atoms with Crippen molar-refractivity contribution in [3.63, 3.8) is 0 Å². The minimum atomic E-state index is 0.783. The maximum atomic E-state index is 5.71. The molecule has 0 spiro atoms. The van der Waals surface area contributed by atoms with Crippen molar-refractivity contribution in [1.82, 2.24) is 14.6 Å². The summed E-state index contributed by atoms with van der Waals surface area (Å²) in [4.78, 5) is 6.40. The number of fused-ring (bicyclic) bond motifs is 1. The Morgan fingerprint density at radius 1 is 1.20 bits per heavy atom. The van der Waals surface area contributed by atoms with Gasteiger partial charge in [-0.05, 0) is 42.3 Å². The molecule has 0 saturated carbocycles. The van der Waals surface area contributed by atoms with Crippen molar-refractivity contribution >= 4 is 17.2 Å². The van der Waals surface area contributed by atoms with Gasteiger partial charge in [0.2, 0.25) is 0 Å². The summed E-state index contributed by atoms with van der Waals surface area (Å²) in [6, 6.07) is 12.1. The van der Waals surface area contributed by atoms with Gasteiger partial charge in [-0.15, -0.1) is 0 Å². The van der Waals surface area contributed by atoms with E-state index in [2.05, 4.69) is 28.0 Å². The Labute approximate surface area is 117 Å². The van der Waals surface area contributed by atoms with E-state index in [1.165, 1.54) is 11.1 Å². The highest BCUT2D eigenvalue weighted by molar-refractivity contribution is 5.53. The Morgan fingerprint density at radius 3 is 2.70 bits per heavy atom. The maximum Gasteiger partial charge on any atom is 0.157 e. The van der Waals surface area contributed by atoms with E-state index < -0.39 is 0 Å². The molecule has 0 amide bonds. The van der Waals surface area contributed by atoms with Crippen LogP contribution in [0.4, 0.5) is 11.5 Å². The fourth-order valence-corrected chi connectivity index (χ4v) is 2.29. The number of nitrogens with zero attached hydrogens (tertiary/aromatic N) is 4. The van der Waals surface area contributed by atoms with Crippen LogP contribution in [0.3, 0.4) is 0 Å². The number of nitrogens with two attached hydrogens (primary N) is 1. The molecule has 2 N–H and O–H groups in total. The number of anilines is 2. The normalized spacial score (nSPS) is 10.9. The lowest BCUT2D eigenvalue weighted by atomic mass is 10.2. The van der Waals surface area contributed by atoms with Crippen LogP contribution >= 0.6 is 0 Å². The van der Waals surface area contributed by atoms with E-state index in [4.69, 9.17) is 5.73 Å². The van der Waals surface area contributed by atoms with Crippen molar-refractivity contribution in [1.29, 1.82) is 0 Å². The molecular weight excluding hydrogens is 250 g/mol. The first kappa shape index (κ1) is 12.5. The van der Waals surface area contributed by atoms with Gasteiger partial charge in [0.25, 0.3) is 0 Å². The molecule has 0 aliphatic carbocycles. The molecule has 0 atom stereocenters. The van der Waals surface area contributed by atoms with Crippen molar-refractivity contribution in [2.24, 2.45) is 0 Å². The molecule has 0 saturated heterocycles. The van der Waals surface area contributed by atoms with E-state index in [1.54, 1.807) is 6.33 Å². The van der Waals surface area contributed by atoms with Gasteiger partial charge in [0.05, 0.1) is 0 Å². The molecule has 5 heteroatoms. The first-order valence-corrected chi connectivity index (χ1v) is 6.49. The predicted octanol–water partition coefficient (Wildman–Crippen LogP) is 2.26. The van der Waals surface area contributed by atoms with Crippen LogP contribution in [0.25, 0.3) is 5.65 Å². The van der Waals surface area contributed by atoms with Crippen LogP contribution in [-0.4, -0.2) is 21.6 Å². The second-order valence-electron chi connectivity index (χ2n) is 5.02. The molecule has 102 valence electrons. The first-order valence-electron chi connectivity index (χ1n) is 6.49. The summed E-state index contributed by atoms with van der Waals surface area (Å²) in [5, 5.41) is 4.28. The van der Waals surface area contributed by atoms with Gasteiger partial charge in [-0.2, -0.15) is 9.61 Å². The van der Waals surface area contributed by atoms with Gasteiger partial charge in [0, 0.05) is 19.3 Å². The summed E-state index contributed by atoms with van der Waals surface area (Å²) < 4.78 is 1.85. The standard InChI is InChI=1S/C15H17N5/c1-11-7-14-17-10-18-20(14)15(8-11)19(2)9-12-3-5-13(16)6-4-12/h3-8,10H,9,16H2,1-2H3. The SMILES string of the molecule is Cc1cc(N(C)Cc2ccc(N)cc2)n2ncnc2c1. The molecule has 5 nitrogen and oxygen atoms in total. The zero-order valence-electron chi connectivity index (χ0n) is 11.6. The number of aromatic nitrogens is 3. The molecule has 2 aromatic heterocycles. The number of rotatable bonds is 3. The summed E-state index contributed by atoms with van der Waals surface area (Å²) in [6.45, 7) is 2.86. The average Bonchev–Trinajstić information content (AvgIpc) is 2.88. The van der Waals surface area contributed by atoms with E-state index in [9.17, 15) is 0 Å². The van der Waals surface area contributed by atoms with Gasteiger partial charge in [-0.1, -0.05) is 12.1 Å². The van der Waals surface area contributed by atoms with E-state index in [0.29, 0.717) is 0 Å². The summed E-state index contributed by atoms with van der Waals surface area (Å²) in [5.74, 6) is 1.02. The first-order chi connectivity index (χ1) is 9.63. The Balaban J connectivity index is 1.93. The summed E-state index contributed by atoms with van der Waals surface area (Å²) in [5.41, 5.74) is 9.74. The molecule has 0 fully saturated rings. The fourth-order valence-electron chi connectivity index (χ4n) is 2.29. The van der Waals surface area contributed by atoms with Crippen LogP contribution in [0.2, 0.25) is 0 Å².